The molecule has 148 valence electrons. The Labute approximate surface area is 185 Å². The van der Waals surface area contributed by atoms with Crippen LogP contribution in [0.2, 0.25) is 0 Å². The van der Waals surface area contributed by atoms with Gasteiger partial charge in [-0.05, 0) is 60.4 Å². The van der Waals surface area contributed by atoms with Gasteiger partial charge in [0.1, 0.15) is 0 Å². The Balaban J connectivity index is 0.000000490. The average molecular weight is 430 g/mol. The Hall–Kier alpha value is -2.50. The van der Waals surface area contributed by atoms with Crippen molar-refractivity contribution in [2.24, 2.45) is 0 Å². The van der Waals surface area contributed by atoms with E-state index in [0.29, 0.717) is 11.4 Å². The van der Waals surface area contributed by atoms with Crippen molar-refractivity contribution in [3.8, 4) is 11.4 Å². The molecular formula is C23H21F3N2Ti. The zero-order valence-corrected chi connectivity index (χ0v) is 18.0. The molecule has 0 unspecified atom stereocenters. The Bertz CT molecular complexity index is 900. The molecule has 2 nitrogen and oxygen atoms in total. The van der Waals surface area contributed by atoms with E-state index >= 15 is 0 Å². The molecule has 0 amide bonds. The fourth-order valence-corrected chi connectivity index (χ4v) is 2.38. The summed E-state index contributed by atoms with van der Waals surface area (Å²) in [6, 6.07) is 18.0. The molecule has 0 saturated carbocycles. The molecule has 0 N–H and O–H groups in total. The first kappa shape index (κ1) is 26.5. The molecule has 2 heterocycles. The molecule has 4 rings (SSSR count). The second-order valence-corrected chi connectivity index (χ2v) is 5.53. The van der Waals surface area contributed by atoms with Crippen molar-refractivity contribution < 1.29 is 34.9 Å². The van der Waals surface area contributed by atoms with Gasteiger partial charge in [0.2, 0.25) is 0 Å². The Morgan fingerprint density at radius 3 is 1.48 bits per heavy atom. The summed E-state index contributed by atoms with van der Waals surface area (Å²) in [5, 5.41) is 0. The minimum Gasteiger partial charge on any atom is -0.375 e. The van der Waals surface area contributed by atoms with Gasteiger partial charge in [0.25, 0.3) is 0 Å². The molecule has 0 saturated heterocycles. The van der Waals surface area contributed by atoms with Crippen molar-refractivity contribution in [3.05, 3.63) is 123 Å². The number of hydrogen-bond acceptors (Lipinski definition) is 0. The monoisotopic (exact) mass is 430 g/mol. The number of benzene rings is 2. The van der Waals surface area contributed by atoms with Gasteiger partial charge < -0.3 is 24.0 Å². The normalized spacial score (nSPS) is 9.24. The number of aryl methyl sites for hydroxylation is 1. The van der Waals surface area contributed by atoms with Crippen LogP contribution in [0, 0.1) is 51.4 Å². The van der Waals surface area contributed by atoms with Gasteiger partial charge >= 0.3 is 21.7 Å². The van der Waals surface area contributed by atoms with Crippen LogP contribution in [0.25, 0.3) is 11.4 Å². The third kappa shape index (κ3) is 6.80. The molecule has 0 bridgehead atoms. The minimum absolute atomic E-state index is 0. The molecule has 0 fully saturated rings. The van der Waals surface area contributed by atoms with Crippen molar-refractivity contribution in [2.45, 2.75) is 6.92 Å². The van der Waals surface area contributed by atoms with Crippen LogP contribution < -0.4 is 0 Å². The van der Waals surface area contributed by atoms with Crippen molar-refractivity contribution in [2.75, 3.05) is 0 Å². The second-order valence-electron chi connectivity index (χ2n) is 5.53. The maximum absolute atomic E-state index is 13.3. The van der Waals surface area contributed by atoms with E-state index in [1.54, 1.807) is 39.7 Å². The number of nitrogens with zero attached hydrogens (tertiary/aromatic N) is 2. The number of halogens is 3. The van der Waals surface area contributed by atoms with Crippen LogP contribution in [-0.2, 0) is 21.7 Å². The van der Waals surface area contributed by atoms with Crippen molar-refractivity contribution >= 4 is 0 Å². The maximum Gasteiger partial charge on any atom is 4.00 e. The predicted octanol–water partition coefficient (Wildman–Crippen LogP) is 6.18. The van der Waals surface area contributed by atoms with Crippen molar-refractivity contribution in [3.63, 3.8) is 0 Å². The Morgan fingerprint density at radius 1 is 0.655 bits per heavy atom. The van der Waals surface area contributed by atoms with E-state index in [4.69, 9.17) is 0 Å². The first-order valence-electron chi connectivity index (χ1n) is 7.87. The summed E-state index contributed by atoms with van der Waals surface area (Å²) >= 11 is 0. The Kier molecular flexibility index (Phi) is 11.1. The SMILES string of the molecule is Cc1[c-]c(F)c(-n2cccc2)cc1.Fc1[c-]c(F)c(-n2cccc2)cc1.[CH3-].[CH3-].[Ti+4]. The number of hydrogen-bond donors (Lipinski definition) is 0. The molecule has 6 heteroatoms. The summed E-state index contributed by atoms with van der Waals surface area (Å²) in [4.78, 5) is 0. The van der Waals surface area contributed by atoms with Crippen LogP contribution in [0.1, 0.15) is 5.56 Å². The molecule has 0 aliphatic carbocycles. The fraction of sp³-hybridized carbons (Fsp3) is 0.0435. The first-order chi connectivity index (χ1) is 12.5. The minimum atomic E-state index is -0.687. The van der Waals surface area contributed by atoms with Gasteiger partial charge in [-0.15, -0.1) is 30.3 Å². The van der Waals surface area contributed by atoms with Gasteiger partial charge in [-0.25, -0.2) is 13.2 Å². The summed E-state index contributed by atoms with van der Waals surface area (Å²) in [5.41, 5.74) is 1.65. The molecule has 2 aromatic carbocycles. The predicted molar refractivity (Wildman–Crippen MR) is 107 cm³/mol. The van der Waals surface area contributed by atoms with Gasteiger partial charge in [0, 0.05) is 17.5 Å². The summed E-state index contributed by atoms with van der Waals surface area (Å²) in [6.07, 6.45) is 6.98. The standard InChI is InChI=1S/C11H9FN.C10H6F2N.2CH3.Ti/c1-9-4-5-11(10(12)8-9)13-6-2-3-7-13;11-8-3-4-10(9(12)7-8)13-5-1-2-6-13;;;/h2-7H,1H3;1-6H;2*1H3;/q4*-1;+4. The van der Waals surface area contributed by atoms with E-state index in [2.05, 4.69) is 6.07 Å². The third-order valence-electron chi connectivity index (χ3n) is 3.63. The van der Waals surface area contributed by atoms with E-state index < -0.39 is 11.6 Å². The van der Waals surface area contributed by atoms with E-state index in [9.17, 15) is 13.2 Å². The quantitative estimate of drug-likeness (QED) is 0.266. The fourth-order valence-electron chi connectivity index (χ4n) is 2.38. The van der Waals surface area contributed by atoms with Gasteiger partial charge in [-0.3, -0.25) is 0 Å². The molecule has 0 radical (unpaired) electrons. The molecule has 4 aromatic rings. The Morgan fingerprint density at radius 2 is 1.07 bits per heavy atom. The summed E-state index contributed by atoms with van der Waals surface area (Å²) in [6.45, 7) is 1.82. The maximum atomic E-state index is 13.3. The van der Waals surface area contributed by atoms with Crippen LogP contribution in [0.5, 0.6) is 0 Å². The van der Waals surface area contributed by atoms with Gasteiger partial charge in [0.15, 0.2) is 0 Å². The molecule has 29 heavy (non-hydrogen) atoms. The van der Waals surface area contributed by atoms with Crippen LogP contribution in [0.4, 0.5) is 13.2 Å². The van der Waals surface area contributed by atoms with Gasteiger partial charge in [0.05, 0.1) is 0 Å². The molecule has 0 aliphatic heterocycles. The summed E-state index contributed by atoms with van der Waals surface area (Å²) in [7, 11) is 0. The van der Waals surface area contributed by atoms with E-state index in [1.807, 2.05) is 43.6 Å². The van der Waals surface area contributed by atoms with Crippen molar-refractivity contribution in [1.29, 1.82) is 0 Å². The zero-order chi connectivity index (χ0) is 18.5. The zero-order valence-electron chi connectivity index (χ0n) is 16.5. The molecule has 2 aromatic heterocycles. The van der Waals surface area contributed by atoms with Crippen molar-refractivity contribution in [1.82, 2.24) is 9.13 Å². The van der Waals surface area contributed by atoms with Crippen LogP contribution in [0.3, 0.4) is 0 Å². The van der Waals surface area contributed by atoms with E-state index in [0.717, 1.165) is 5.56 Å². The second kappa shape index (κ2) is 12.1. The smallest absolute Gasteiger partial charge is 0.375 e. The van der Waals surface area contributed by atoms with Crippen LogP contribution in [-0.4, -0.2) is 9.13 Å². The summed E-state index contributed by atoms with van der Waals surface area (Å²) in [5.74, 6) is -1.68. The number of rotatable bonds is 2. The first-order valence-corrected chi connectivity index (χ1v) is 7.87. The van der Waals surface area contributed by atoms with Gasteiger partial charge in [-0.1, -0.05) is 6.92 Å². The van der Waals surface area contributed by atoms with E-state index in [-0.39, 0.29) is 42.4 Å². The van der Waals surface area contributed by atoms with Crippen LogP contribution >= 0.6 is 0 Å². The topological polar surface area (TPSA) is 9.86 Å². The van der Waals surface area contributed by atoms with Gasteiger partial charge in [-0.2, -0.15) is 11.6 Å². The number of aromatic nitrogens is 2. The molecule has 0 aliphatic rings. The third-order valence-corrected chi connectivity index (χ3v) is 3.63. The average Bonchev–Trinajstić information content (AvgIpc) is 3.29. The largest absolute Gasteiger partial charge is 4.00 e. The van der Waals surface area contributed by atoms with E-state index in [1.165, 1.54) is 12.1 Å². The van der Waals surface area contributed by atoms with Crippen LogP contribution in [0.15, 0.2) is 73.3 Å². The molecule has 0 spiro atoms. The summed E-state index contributed by atoms with van der Waals surface area (Å²) < 4.78 is 42.2. The molecule has 0 atom stereocenters. The molecular weight excluding hydrogens is 409 g/mol.